The number of anilines is 1. The van der Waals surface area contributed by atoms with Crippen LogP contribution in [0.25, 0.3) is 5.69 Å². The zero-order valence-electron chi connectivity index (χ0n) is 11.5. The van der Waals surface area contributed by atoms with E-state index in [1.165, 1.54) is 0 Å². The Balaban J connectivity index is 2.66. The quantitative estimate of drug-likeness (QED) is 0.911. The van der Waals surface area contributed by atoms with Crippen molar-refractivity contribution < 1.29 is 4.74 Å². The topological polar surface area (TPSA) is 62.2 Å². The van der Waals surface area contributed by atoms with Crippen LogP contribution in [-0.4, -0.2) is 16.5 Å². The fourth-order valence-corrected chi connectivity index (χ4v) is 2.17. The van der Waals surface area contributed by atoms with Crippen LogP contribution in [0.3, 0.4) is 0 Å². The molecule has 0 aliphatic rings. The van der Waals surface area contributed by atoms with Crippen molar-refractivity contribution in [3.63, 3.8) is 0 Å². The van der Waals surface area contributed by atoms with E-state index >= 15 is 0 Å². The molecule has 1 aromatic heterocycles. The summed E-state index contributed by atoms with van der Waals surface area (Å²) in [7, 11) is 1.59. The Hall–Kier alpha value is -2.01. The van der Waals surface area contributed by atoms with Gasteiger partial charge in [-0.15, -0.1) is 0 Å². The fraction of sp³-hybridized carbons (Fsp3) is 0.357. The highest BCUT2D eigenvalue weighted by molar-refractivity contribution is 5.45. The molecule has 0 unspecified atom stereocenters. The van der Waals surface area contributed by atoms with E-state index in [9.17, 15) is 4.79 Å². The number of ether oxygens (including phenoxy) is 1. The highest BCUT2D eigenvalue weighted by Gasteiger charge is 2.17. The molecule has 0 aliphatic carbocycles. The number of aromatic nitrogens is 2. The Morgan fingerprint density at radius 2 is 1.89 bits per heavy atom. The van der Waals surface area contributed by atoms with E-state index in [2.05, 4.69) is 0 Å². The molecular weight excluding hydrogens is 242 g/mol. The molecule has 5 nitrogen and oxygen atoms in total. The minimum Gasteiger partial charge on any atom is -0.393 e. The third-order valence-electron chi connectivity index (χ3n) is 3.15. The minimum atomic E-state index is -0.197. The van der Waals surface area contributed by atoms with E-state index in [-0.39, 0.29) is 11.2 Å². The first-order chi connectivity index (χ1) is 9.10. The maximum Gasteiger partial charge on any atom is 0.294 e. The summed E-state index contributed by atoms with van der Waals surface area (Å²) in [4.78, 5) is 12.3. The number of benzene rings is 1. The molecule has 0 atom stereocenters. The molecular formula is C14H19N3O2. The summed E-state index contributed by atoms with van der Waals surface area (Å²) in [6.45, 7) is 4.96. The average molecular weight is 261 g/mol. The van der Waals surface area contributed by atoms with Gasteiger partial charge in [0.1, 0.15) is 5.69 Å². The highest BCUT2D eigenvalue weighted by Crippen LogP contribution is 2.15. The molecule has 102 valence electrons. The molecule has 0 spiro atoms. The predicted octanol–water partition coefficient (Wildman–Crippen LogP) is 1.70. The van der Waals surface area contributed by atoms with Gasteiger partial charge in [-0.2, -0.15) is 0 Å². The lowest BCUT2D eigenvalue weighted by Crippen LogP contribution is -2.22. The lowest BCUT2D eigenvalue weighted by atomic mass is 10.2. The van der Waals surface area contributed by atoms with Gasteiger partial charge >= 0.3 is 0 Å². The molecule has 0 fully saturated rings. The van der Waals surface area contributed by atoms with Gasteiger partial charge in [-0.25, -0.2) is 4.68 Å². The van der Waals surface area contributed by atoms with E-state index in [0.29, 0.717) is 13.2 Å². The van der Waals surface area contributed by atoms with Crippen molar-refractivity contribution in [2.75, 3.05) is 12.8 Å². The molecule has 1 heterocycles. The summed E-state index contributed by atoms with van der Waals surface area (Å²) in [5.41, 5.74) is 8.64. The maximum atomic E-state index is 12.3. The van der Waals surface area contributed by atoms with Crippen LogP contribution in [0.1, 0.15) is 18.2 Å². The van der Waals surface area contributed by atoms with Gasteiger partial charge in [0.2, 0.25) is 0 Å². The first kappa shape index (κ1) is 13.4. The van der Waals surface area contributed by atoms with E-state index in [0.717, 1.165) is 16.9 Å². The summed E-state index contributed by atoms with van der Waals surface area (Å²) in [6, 6.07) is 7.78. The number of hydrogen-bond donors (Lipinski definition) is 1. The SMILES string of the molecule is CCn1c(COC)c(N)c(=O)n1-c1ccc(C)cc1. The molecule has 0 aliphatic heterocycles. The largest absolute Gasteiger partial charge is 0.393 e. The Morgan fingerprint density at radius 3 is 2.42 bits per heavy atom. The molecule has 2 aromatic rings. The summed E-state index contributed by atoms with van der Waals surface area (Å²) < 4.78 is 8.57. The molecule has 2 N–H and O–H groups in total. The van der Waals surface area contributed by atoms with Crippen LogP contribution in [0, 0.1) is 6.92 Å². The van der Waals surface area contributed by atoms with Crippen molar-refractivity contribution in [2.45, 2.75) is 27.0 Å². The molecule has 0 radical (unpaired) electrons. The lowest BCUT2D eigenvalue weighted by molar-refractivity contribution is 0.176. The predicted molar refractivity (Wildman–Crippen MR) is 75.6 cm³/mol. The summed E-state index contributed by atoms with van der Waals surface area (Å²) >= 11 is 0. The van der Waals surface area contributed by atoms with Crippen LogP contribution in [0.15, 0.2) is 29.1 Å². The standard InChI is InChI=1S/C14H19N3O2/c1-4-16-12(9-19-3)13(15)14(18)17(16)11-7-5-10(2)6-8-11/h5-8H,4,9,15H2,1-3H3. The second-order valence-corrected chi connectivity index (χ2v) is 4.46. The molecule has 19 heavy (non-hydrogen) atoms. The minimum absolute atomic E-state index is 0.197. The van der Waals surface area contributed by atoms with Crippen LogP contribution in [-0.2, 0) is 17.9 Å². The maximum absolute atomic E-state index is 12.3. The van der Waals surface area contributed by atoms with Crippen LogP contribution < -0.4 is 11.3 Å². The number of nitrogens with zero attached hydrogens (tertiary/aromatic N) is 2. The highest BCUT2D eigenvalue weighted by atomic mass is 16.5. The van der Waals surface area contributed by atoms with Crippen molar-refractivity contribution in [3.05, 3.63) is 45.9 Å². The Morgan fingerprint density at radius 1 is 1.26 bits per heavy atom. The van der Waals surface area contributed by atoms with E-state index in [4.69, 9.17) is 10.5 Å². The van der Waals surface area contributed by atoms with E-state index in [1.54, 1.807) is 11.8 Å². The third kappa shape index (κ3) is 2.29. The van der Waals surface area contributed by atoms with Gasteiger partial charge in [0.15, 0.2) is 0 Å². The molecule has 5 heteroatoms. The lowest BCUT2D eigenvalue weighted by Gasteiger charge is -2.12. The Labute approximate surface area is 112 Å². The van der Waals surface area contributed by atoms with Crippen LogP contribution in [0.2, 0.25) is 0 Å². The Bertz CT molecular complexity index is 623. The normalized spacial score (nSPS) is 10.9. The molecule has 0 saturated carbocycles. The average Bonchev–Trinajstić information content (AvgIpc) is 2.65. The van der Waals surface area contributed by atoms with Crippen molar-refractivity contribution in [3.8, 4) is 5.69 Å². The van der Waals surface area contributed by atoms with Gasteiger partial charge < -0.3 is 10.5 Å². The summed E-state index contributed by atoms with van der Waals surface area (Å²) in [5, 5.41) is 0. The number of nitrogens with two attached hydrogens (primary N) is 1. The first-order valence-electron chi connectivity index (χ1n) is 6.26. The van der Waals surface area contributed by atoms with Gasteiger partial charge in [0.05, 0.1) is 18.0 Å². The monoisotopic (exact) mass is 261 g/mol. The summed E-state index contributed by atoms with van der Waals surface area (Å²) in [5.74, 6) is 0. The van der Waals surface area contributed by atoms with Gasteiger partial charge in [-0.05, 0) is 26.0 Å². The molecule has 0 bridgehead atoms. The zero-order valence-corrected chi connectivity index (χ0v) is 11.5. The smallest absolute Gasteiger partial charge is 0.294 e. The van der Waals surface area contributed by atoms with Gasteiger partial charge in [-0.1, -0.05) is 17.7 Å². The zero-order chi connectivity index (χ0) is 14.0. The number of rotatable bonds is 4. The molecule has 2 rings (SSSR count). The van der Waals surface area contributed by atoms with Crippen molar-refractivity contribution in [1.29, 1.82) is 0 Å². The van der Waals surface area contributed by atoms with Crippen LogP contribution in [0.5, 0.6) is 0 Å². The van der Waals surface area contributed by atoms with Gasteiger partial charge in [0.25, 0.3) is 5.56 Å². The number of hydrogen-bond acceptors (Lipinski definition) is 3. The number of methoxy groups -OCH3 is 1. The van der Waals surface area contributed by atoms with Gasteiger partial charge in [0, 0.05) is 13.7 Å². The summed E-state index contributed by atoms with van der Waals surface area (Å²) in [6.07, 6.45) is 0. The first-order valence-corrected chi connectivity index (χ1v) is 6.26. The van der Waals surface area contributed by atoms with E-state index < -0.39 is 0 Å². The third-order valence-corrected chi connectivity index (χ3v) is 3.15. The van der Waals surface area contributed by atoms with Crippen molar-refractivity contribution in [2.24, 2.45) is 0 Å². The molecule has 0 amide bonds. The van der Waals surface area contributed by atoms with Crippen molar-refractivity contribution >= 4 is 5.69 Å². The molecule has 1 aromatic carbocycles. The second kappa shape index (κ2) is 5.32. The Kier molecular flexibility index (Phi) is 3.76. The van der Waals surface area contributed by atoms with Crippen LogP contribution >= 0.6 is 0 Å². The molecule has 0 saturated heterocycles. The van der Waals surface area contributed by atoms with Crippen LogP contribution in [0.4, 0.5) is 5.69 Å². The second-order valence-electron chi connectivity index (χ2n) is 4.46. The van der Waals surface area contributed by atoms with Gasteiger partial charge in [-0.3, -0.25) is 9.48 Å². The van der Waals surface area contributed by atoms with E-state index in [1.807, 2.05) is 42.8 Å². The number of aryl methyl sites for hydroxylation is 1. The number of nitrogen functional groups attached to an aromatic ring is 1. The fourth-order valence-electron chi connectivity index (χ4n) is 2.17. The van der Waals surface area contributed by atoms with Crippen molar-refractivity contribution in [1.82, 2.24) is 9.36 Å².